The Morgan fingerprint density at radius 2 is 1.76 bits per heavy atom. The Labute approximate surface area is 208 Å². The molecule has 2 fully saturated rings. The van der Waals surface area contributed by atoms with Gasteiger partial charge in [-0.05, 0) is 62.6 Å². The van der Waals surface area contributed by atoms with Crippen molar-refractivity contribution in [2.45, 2.75) is 51.3 Å². The van der Waals surface area contributed by atoms with Gasteiger partial charge in [0.15, 0.2) is 11.9 Å². The van der Waals surface area contributed by atoms with Crippen LogP contribution in [-0.4, -0.2) is 43.9 Å². The van der Waals surface area contributed by atoms with Crippen LogP contribution in [0, 0.1) is 18.8 Å². The molecule has 6 rings (SSSR count). The normalized spacial score (nSPS) is 25.8. The van der Waals surface area contributed by atoms with Gasteiger partial charge in [-0.2, -0.15) is 4.98 Å². The summed E-state index contributed by atoms with van der Waals surface area (Å²) in [4.78, 5) is 16.0. The zero-order valence-electron chi connectivity index (χ0n) is 19.0. The van der Waals surface area contributed by atoms with Crippen LogP contribution in [0.25, 0.3) is 0 Å². The first-order valence-corrected chi connectivity index (χ1v) is 12.6. The van der Waals surface area contributed by atoms with Gasteiger partial charge in [-0.15, -0.1) is 5.10 Å². The smallest absolute Gasteiger partial charge is 0.242 e. The van der Waals surface area contributed by atoms with Crippen LogP contribution in [0.5, 0.6) is 5.75 Å². The number of nitrogens with zero attached hydrogens (tertiary/aromatic N) is 6. The number of aromatic nitrogens is 5. The van der Waals surface area contributed by atoms with Crippen molar-refractivity contribution in [3.05, 3.63) is 52.2 Å². The molecule has 34 heavy (non-hydrogen) atoms. The van der Waals surface area contributed by atoms with Gasteiger partial charge in [-0.25, -0.2) is 14.6 Å². The Kier molecular flexibility index (Phi) is 5.73. The van der Waals surface area contributed by atoms with Crippen molar-refractivity contribution in [3.8, 4) is 5.75 Å². The summed E-state index contributed by atoms with van der Waals surface area (Å²) in [5.41, 5.74) is 1.00. The summed E-state index contributed by atoms with van der Waals surface area (Å²) in [7, 11) is 0. The van der Waals surface area contributed by atoms with Crippen LogP contribution >= 0.6 is 23.2 Å². The number of hydrogen-bond acceptors (Lipinski definition) is 7. The molecule has 1 saturated carbocycles. The molecular weight excluding hydrogens is 473 g/mol. The SMILES string of the molecule is Cc1cc(N2C[C@H]3CC[C@@H](C2)[C@@H]3Nc2nc3n(n2)CCC[C@@H]3Oc2cc(Cl)cc(Cl)c2)ncn1. The average Bonchev–Trinajstić information content (AvgIpc) is 3.30. The number of hydrogen-bond donors (Lipinski definition) is 1. The van der Waals surface area contributed by atoms with Gasteiger partial charge in [0.25, 0.3) is 0 Å². The number of piperidine rings is 1. The summed E-state index contributed by atoms with van der Waals surface area (Å²) < 4.78 is 8.21. The van der Waals surface area contributed by atoms with Crippen molar-refractivity contribution < 1.29 is 4.74 Å². The molecule has 10 heteroatoms. The molecule has 2 aliphatic heterocycles. The molecule has 0 amide bonds. The number of fused-ring (bicyclic) bond motifs is 3. The zero-order valence-corrected chi connectivity index (χ0v) is 20.5. The number of benzene rings is 1. The lowest BCUT2D eigenvalue weighted by Gasteiger charge is -2.38. The summed E-state index contributed by atoms with van der Waals surface area (Å²) in [5, 5.41) is 9.58. The third-order valence-electron chi connectivity index (χ3n) is 7.18. The highest BCUT2D eigenvalue weighted by atomic mass is 35.5. The summed E-state index contributed by atoms with van der Waals surface area (Å²) in [6.07, 6.45) is 5.76. The second-order valence-corrected chi connectivity index (χ2v) is 10.4. The molecule has 2 bridgehead atoms. The number of rotatable bonds is 5. The molecule has 3 aliphatic rings. The molecule has 0 unspecified atom stereocenters. The fraction of sp³-hybridized carbons (Fsp3) is 0.500. The van der Waals surface area contributed by atoms with E-state index in [2.05, 4.69) is 26.3 Å². The number of ether oxygens (including phenoxy) is 1. The fourth-order valence-electron chi connectivity index (χ4n) is 5.65. The van der Waals surface area contributed by atoms with Crippen LogP contribution in [-0.2, 0) is 6.54 Å². The largest absolute Gasteiger partial charge is 0.482 e. The lowest BCUT2D eigenvalue weighted by atomic mass is 9.92. The number of anilines is 2. The van der Waals surface area contributed by atoms with Gasteiger partial charge in [0.1, 0.15) is 17.9 Å². The Morgan fingerprint density at radius 1 is 1.00 bits per heavy atom. The first kappa shape index (κ1) is 21.9. The molecule has 1 N–H and O–H groups in total. The third-order valence-corrected chi connectivity index (χ3v) is 7.62. The van der Waals surface area contributed by atoms with E-state index in [9.17, 15) is 0 Å². The summed E-state index contributed by atoms with van der Waals surface area (Å²) >= 11 is 12.3. The second kappa shape index (κ2) is 8.89. The number of nitrogens with one attached hydrogen (secondary N) is 1. The first-order chi connectivity index (χ1) is 16.5. The van der Waals surface area contributed by atoms with Gasteiger partial charge in [-0.1, -0.05) is 23.2 Å². The van der Waals surface area contributed by atoms with Crippen molar-refractivity contribution in [2.75, 3.05) is 23.3 Å². The average molecular weight is 500 g/mol. The summed E-state index contributed by atoms with van der Waals surface area (Å²) in [6, 6.07) is 7.71. The highest BCUT2D eigenvalue weighted by molar-refractivity contribution is 6.34. The lowest BCUT2D eigenvalue weighted by Crippen LogP contribution is -2.48. The maximum Gasteiger partial charge on any atom is 0.242 e. The van der Waals surface area contributed by atoms with Gasteiger partial charge in [0, 0.05) is 47.5 Å². The van der Waals surface area contributed by atoms with E-state index in [1.54, 1.807) is 24.5 Å². The van der Waals surface area contributed by atoms with E-state index in [-0.39, 0.29) is 6.10 Å². The van der Waals surface area contributed by atoms with Crippen LogP contribution in [0.1, 0.15) is 43.3 Å². The Hall–Kier alpha value is -2.58. The third kappa shape index (κ3) is 4.29. The molecule has 8 nitrogen and oxygen atoms in total. The Bertz CT molecular complexity index is 1170. The van der Waals surface area contributed by atoms with Crippen LogP contribution in [0.15, 0.2) is 30.6 Å². The molecule has 1 aromatic carbocycles. The van der Waals surface area contributed by atoms with Gasteiger partial charge in [0.2, 0.25) is 5.95 Å². The predicted octanol–water partition coefficient (Wildman–Crippen LogP) is 4.92. The standard InChI is InChI=1S/C24H27Cl2N7O/c1-14-7-21(28-13-27-14)32-11-15-4-5-16(12-32)22(15)29-24-30-23-20(3-2-6-33(23)31-24)34-19-9-17(25)8-18(26)10-19/h7-10,13,15-16,20,22H,2-6,11-12H2,1H3,(H,29,31)/t15-,16+,20-,22-/m0/s1. The molecule has 3 aromatic rings. The maximum absolute atomic E-state index is 6.24. The summed E-state index contributed by atoms with van der Waals surface area (Å²) in [6.45, 7) is 4.83. The lowest BCUT2D eigenvalue weighted by molar-refractivity contribution is 0.155. The fourth-order valence-corrected chi connectivity index (χ4v) is 6.16. The monoisotopic (exact) mass is 499 g/mol. The van der Waals surface area contributed by atoms with Crippen LogP contribution in [0.4, 0.5) is 11.8 Å². The van der Waals surface area contributed by atoms with E-state index in [4.69, 9.17) is 38.0 Å². The van der Waals surface area contributed by atoms with Gasteiger partial charge < -0.3 is 15.0 Å². The highest BCUT2D eigenvalue weighted by Gasteiger charge is 2.43. The molecule has 1 saturated heterocycles. The van der Waals surface area contributed by atoms with E-state index in [0.29, 0.717) is 39.6 Å². The molecule has 1 aliphatic carbocycles. The van der Waals surface area contributed by atoms with Crippen molar-refractivity contribution in [3.63, 3.8) is 0 Å². The quantitative estimate of drug-likeness (QED) is 0.533. The first-order valence-electron chi connectivity index (χ1n) is 11.9. The molecule has 178 valence electrons. The zero-order chi connectivity index (χ0) is 23.2. The van der Waals surface area contributed by atoms with E-state index >= 15 is 0 Å². The minimum atomic E-state index is -0.175. The van der Waals surface area contributed by atoms with Gasteiger partial charge in [-0.3, -0.25) is 0 Å². The molecule has 0 radical (unpaired) electrons. The van der Waals surface area contributed by atoms with Gasteiger partial charge >= 0.3 is 0 Å². The van der Waals surface area contributed by atoms with E-state index in [0.717, 1.165) is 49.8 Å². The molecular formula is C24H27Cl2N7O. The molecule has 2 aromatic heterocycles. The Morgan fingerprint density at radius 3 is 2.50 bits per heavy atom. The number of aryl methyl sites for hydroxylation is 2. The molecule has 4 atom stereocenters. The van der Waals surface area contributed by atoms with E-state index < -0.39 is 0 Å². The maximum atomic E-state index is 6.24. The highest BCUT2D eigenvalue weighted by Crippen LogP contribution is 2.40. The van der Waals surface area contributed by atoms with Crippen LogP contribution < -0.4 is 15.0 Å². The van der Waals surface area contributed by atoms with Crippen molar-refractivity contribution >= 4 is 35.0 Å². The van der Waals surface area contributed by atoms with Crippen molar-refractivity contribution in [2.24, 2.45) is 11.8 Å². The molecule has 4 heterocycles. The van der Waals surface area contributed by atoms with E-state index in [1.165, 1.54) is 12.8 Å². The van der Waals surface area contributed by atoms with E-state index in [1.807, 2.05) is 11.6 Å². The van der Waals surface area contributed by atoms with Crippen molar-refractivity contribution in [1.29, 1.82) is 0 Å². The van der Waals surface area contributed by atoms with Crippen molar-refractivity contribution in [1.82, 2.24) is 24.7 Å². The second-order valence-electron chi connectivity index (χ2n) is 9.56. The molecule has 0 spiro atoms. The minimum absolute atomic E-state index is 0.175. The topological polar surface area (TPSA) is 81.0 Å². The minimum Gasteiger partial charge on any atom is -0.482 e. The van der Waals surface area contributed by atoms with Crippen LogP contribution in [0.3, 0.4) is 0 Å². The summed E-state index contributed by atoms with van der Waals surface area (Å²) in [5.74, 6) is 4.30. The van der Waals surface area contributed by atoms with Crippen LogP contribution in [0.2, 0.25) is 10.0 Å². The number of halogens is 2. The predicted molar refractivity (Wildman–Crippen MR) is 132 cm³/mol. The van der Waals surface area contributed by atoms with Gasteiger partial charge in [0.05, 0.1) is 0 Å². The Balaban J connectivity index is 1.17.